The SMILES string of the molecule is COc1cc([N+](=O)[O-])ccc1OCCCCCCS. The van der Waals surface area contributed by atoms with Gasteiger partial charge in [0.15, 0.2) is 11.5 Å². The van der Waals surface area contributed by atoms with Gasteiger partial charge in [-0.3, -0.25) is 10.1 Å². The van der Waals surface area contributed by atoms with E-state index in [4.69, 9.17) is 9.47 Å². The number of unbranched alkanes of at least 4 members (excludes halogenated alkanes) is 3. The van der Waals surface area contributed by atoms with Gasteiger partial charge in [0.25, 0.3) is 5.69 Å². The highest BCUT2D eigenvalue weighted by atomic mass is 32.1. The summed E-state index contributed by atoms with van der Waals surface area (Å²) in [4.78, 5) is 10.2. The Morgan fingerprint density at radius 2 is 1.95 bits per heavy atom. The van der Waals surface area contributed by atoms with Crippen LogP contribution < -0.4 is 9.47 Å². The van der Waals surface area contributed by atoms with Crippen molar-refractivity contribution in [3.05, 3.63) is 28.3 Å². The van der Waals surface area contributed by atoms with E-state index < -0.39 is 4.92 Å². The smallest absolute Gasteiger partial charge is 0.273 e. The van der Waals surface area contributed by atoms with E-state index in [0.717, 1.165) is 31.4 Å². The van der Waals surface area contributed by atoms with Gasteiger partial charge in [0.05, 0.1) is 24.7 Å². The summed E-state index contributed by atoms with van der Waals surface area (Å²) in [7, 11) is 1.47. The number of thiol groups is 1. The van der Waals surface area contributed by atoms with Crippen molar-refractivity contribution >= 4 is 18.3 Å². The van der Waals surface area contributed by atoms with Crippen molar-refractivity contribution in [1.82, 2.24) is 0 Å². The minimum absolute atomic E-state index is 0.00187. The lowest BCUT2D eigenvalue weighted by Crippen LogP contribution is -2.00. The number of hydrogen-bond donors (Lipinski definition) is 1. The van der Waals surface area contributed by atoms with Gasteiger partial charge in [0.1, 0.15) is 0 Å². The molecule has 0 unspecified atom stereocenters. The third-order valence-corrected chi connectivity index (χ3v) is 2.98. The molecule has 0 aromatic heterocycles. The molecule has 0 N–H and O–H groups in total. The van der Waals surface area contributed by atoms with Crippen molar-refractivity contribution in [1.29, 1.82) is 0 Å². The summed E-state index contributed by atoms with van der Waals surface area (Å²) < 4.78 is 10.7. The average Bonchev–Trinajstić information content (AvgIpc) is 2.42. The van der Waals surface area contributed by atoms with Crippen molar-refractivity contribution in [3.8, 4) is 11.5 Å². The lowest BCUT2D eigenvalue weighted by Gasteiger charge is -2.10. The van der Waals surface area contributed by atoms with Gasteiger partial charge in [0, 0.05) is 6.07 Å². The summed E-state index contributed by atoms with van der Waals surface area (Å²) in [6.07, 6.45) is 4.30. The minimum atomic E-state index is -0.455. The van der Waals surface area contributed by atoms with E-state index >= 15 is 0 Å². The third kappa shape index (κ3) is 5.38. The topological polar surface area (TPSA) is 61.6 Å². The summed E-state index contributed by atoms with van der Waals surface area (Å²) in [5.74, 6) is 1.85. The van der Waals surface area contributed by atoms with Crippen molar-refractivity contribution in [2.24, 2.45) is 0 Å². The van der Waals surface area contributed by atoms with Crippen molar-refractivity contribution in [2.75, 3.05) is 19.5 Å². The van der Waals surface area contributed by atoms with E-state index in [1.54, 1.807) is 6.07 Å². The van der Waals surface area contributed by atoms with Crippen molar-refractivity contribution in [3.63, 3.8) is 0 Å². The molecule has 1 aromatic rings. The van der Waals surface area contributed by atoms with Crippen LogP contribution in [0.4, 0.5) is 5.69 Å². The molecule has 6 heteroatoms. The Hall–Kier alpha value is -1.43. The largest absolute Gasteiger partial charge is 0.493 e. The second-order valence-electron chi connectivity index (χ2n) is 4.08. The molecule has 0 heterocycles. The quantitative estimate of drug-likeness (QED) is 0.326. The predicted molar refractivity (Wildman–Crippen MR) is 77.5 cm³/mol. The van der Waals surface area contributed by atoms with E-state index in [1.807, 2.05) is 0 Å². The monoisotopic (exact) mass is 285 g/mol. The molecule has 0 atom stereocenters. The molecule has 0 fully saturated rings. The van der Waals surface area contributed by atoms with Crippen LogP contribution in [0.1, 0.15) is 25.7 Å². The normalized spacial score (nSPS) is 10.2. The molecule has 0 radical (unpaired) electrons. The van der Waals surface area contributed by atoms with Crippen molar-refractivity contribution < 1.29 is 14.4 Å². The zero-order valence-corrected chi connectivity index (χ0v) is 11.9. The standard InChI is InChI=1S/C13H19NO4S/c1-17-13-10-11(14(15)16)6-7-12(13)18-8-4-2-3-5-9-19/h6-7,10,19H,2-5,8-9H2,1H3. The molecule has 0 saturated carbocycles. The number of nitro groups is 1. The van der Waals surface area contributed by atoms with E-state index in [2.05, 4.69) is 12.6 Å². The number of ether oxygens (including phenoxy) is 2. The maximum absolute atomic E-state index is 10.6. The maximum atomic E-state index is 10.6. The molecule has 1 aromatic carbocycles. The number of rotatable bonds is 9. The van der Waals surface area contributed by atoms with E-state index in [1.165, 1.54) is 19.2 Å². The highest BCUT2D eigenvalue weighted by Gasteiger charge is 2.11. The summed E-state index contributed by atoms with van der Waals surface area (Å²) in [6, 6.07) is 4.36. The predicted octanol–water partition coefficient (Wildman–Crippen LogP) is 3.47. The van der Waals surface area contributed by atoms with E-state index in [9.17, 15) is 10.1 Å². The zero-order chi connectivity index (χ0) is 14.1. The van der Waals surface area contributed by atoms with Crippen LogP contribution in [-0.4, -0.2) is 24.4 Å². The Bertz CT molecular complexity index is 412. The molecule has 19 heavy (non-hydrogen) atoms. The summed E-state index contributed by atoms with van der Waals surface area (Å²) in [5, 5.41) is 10.6. The summed E-state index contributed by atoms with van der Waals surface area (Å²) >= 11 is 4.15. The first kappa shape index (κ1) is 15.6. The van der Waals surface area contributed by atoms with Gasteiger partial charge in [-0.25, -0.2) is 0 Å². The van der Waals surface area contributed by atoms with Gasteiger partial charge in [-0.15, -0.1) is 0 Å². The molecule has 1 rings (SSSR count). The lowest BCUT2D eigenvalue weighted by molar-refractivity contribution is -0.384. The molecule has 106 valence electrons. The number of hydrogen-bond acceptors (Lipinski definition) is 5. The Balaban J connectivity index is 2.47. The number of nitro benzene ring substituents is 1. The number of methoxy groups -OCH3 is 1. The molecule has 5 nitrogen and oxygen atoms in total. The first-order valence-electron chi connectivity index (χ1n) is 6.25. The molecule has 0 aliphatic heterocycles. The second-order valence-corrected chi connectivity index (χ2v) is 4.53. The fraction of sp³-hybridized carbons (Fsp3) is 0.538. The van der Waals surface area contributed by atoms with Crippen LogP contribution >= 0.6 is 12.6 Å². The Kier molecular flexibility index (Phi) is 7.10. The maximum Gasteiger partial charge on any atom is 0.273 e. The number of benzene rings is 1. The summed E-state index contributed by atoms with van der Waals surface area (Å²) in [5.41, 5.74) is -0.00187. The second kappa shape index (κ2) is 8.63. The highest BCUT2D eigenvalue weighted by molar-refractivity contribution is 7.80. The molecular weight excluding hydrogens is 266 g/mol. The zero-order valence-electron chi connectivity index (χ0n) is 11.0. The van der Waals surface area contributed by atoms with Crippen LogP contribution in [0.3, 0.4) is 0 Å². The van der Waals surface area contributed by atoms with Crippen LogP contribution in [0.5, 0.6) is 11.5 Å². The van der Waals surface area contributed by atoms with Gasteiger partial charge in [-0.2, -0.15) is 12.6 Å². The van der Waals surface area contributed by atoms with Gasteiger partial charge < -0.3 is 9.47 Å². The Labute approximate surface area is 118 Å². The van der Waals surface area contributed by atoms with Gasteiger partial charge in [-0.05, 0) is 24.7 Å². The molecule has 0 amide bonds. The van der Waals surface area contributed by atoms with Crippen LogP contribution in [-0.2, 0) is 0 Å². The van der Waals surface area contributed by atoms with Gasteiger partial charge >= 0.3 is 0 Å². The first-order chi connectivity index (χ1) is 9.19. The fourth-order valence-corrected chi connectivity index (χ4v) is 1.86. The summed E-state index contributed by atoms with van der Waals surface area (Å²) in [6.45, 7) is 0.584. The molecule has 0 aliphatic rings. The third-order valence-electron chi connectivity index (χ3n) is 2.67. The van der Waals surface area contributed by atoms with E-state index in [0.29, 0.717) is 18.1 Å². The molecule has 0 spiro atoms. The molecular formula is C13H19NO4S. The average molecular weight is 285 g/mol. The fourth-order valence-electron chi connectivity index (χ4n) is 1.64. The first-order valence-corrected chi connectivity index (χ1v) is 6.88. The minimum Gasteiger partial charge on any atom is -0.493 e. The number of non-ortho nitro benzene ring substituents is 1. The van der Waals surface area contributed by atoms with Crippen LogP contribution in [0, 0.1) is 10.1 Å². The molecule has 0 saturated heterocycles. The molecule has 0 aliphatic carbocycles. The Morgan fingerprint density at radius 3 is 2.58 bits per heavy atom. The lowest BCUT2D eigenvalue weighted by atomic mass is 10.2. The van der Waals surface area contributed by atoms with Crippen LogP contribution in [0.15, 0.2) is 18.2 Å². The van der Waals surface area contributed by atoms with Gasteiger partial charge in [-0.1, -0.05) is 12.8 Å². The van der Waals surface area contributed by atoms with Crippen molar-refractivity contribution in [2.45, 2.75) is 25.7 Å². The van der Waals surface area contributed by atoms with Crippen LogP contribution in [0.25, 0.3) is 0 Å². The van der Waals surface area contributed by atoms with Crippen LogP contribution in [0.2, 0.25) is 0 Å². The van der Waals surface area contributed by atoms with Gasteiger partial charge in [0.2, 0.25) is 0 Å². The number of nitrogens with zero attached hydrogens (tertiary/aromatic N) is 1. The van der Waals surface area contributed by atoms with E-state index in [-0.39, 0.29) is 5.69 Å². The highest BCUT2D eigenvalue weighted by Crippen LogP contribution is 2.31. The Morgan fingerprint density at radius 1 is 1.21 bits per heavy atom. The molecule has 0 bridgehead atoms.